The fourth-order valence-electron chi connectivity index (χ4n) is 3.30. The average molecular weight is 495 g/mol. The zero-order valence-electron chi connectivity index (χ0n) is 18.3. The van der Waals surface area contributed by atoms with Gasteiger partial charge in [0, 0.05) is 16.7 Å². The number of anilines is 2. The van der Waals surface area contributed by atoms with Crippen molar-refractivity contribution < 1.29 is 14.3 Å². The van der Waals surface area contributed by atoms with Crippen LogP contribution in [0.3, 0.4) is 0 Å². The van der Waals surface area contributed by atoms with Crippen LogP contribution in [0.2, 0.25) is 0 Å². The molecule has 5 nitrogen and oxygen atoms in total. The Balaban J connectivity index is 1.88. The number of amides is 2. The Kier molecular flexibility index (Phi) is 8.45. The van der Waals surface area contributed by atoms with Crippen LogP contribution in [0.1, 0.15) is 47.4 Å². The van der Waals surface area contributed by atoms with E-state index in [1.807, 2.05) is 43.3 Å². The van der Waals surface area contributed by atoms with E-state index in [-0.39, 0.29) is 11.8 Å². The molecule has 0 heterocycles. The maximum absolute atomic E-state index is 13.4. The molecule has 3 rings (SSSR count). The summed E-state index contributed by atoms with van der Waals surface area (Å²) in [6.45, 7) is 5.05. The lowest BCUT2D eigenvalue weighted by atomic mass is 10.1. The molecule has 6 heteroatoms. The molecule has 1 N–H and O–H groups in total. The SMILES string of the molecule is CCCCOc1ccc(Br)cc1C(=O)Nc1ccccc1C(=O)N(CC)c1ccccc1. The summed E-state index contributed by atoms with van der Waals surface area (Å²) < 4.78 is 6.60. The van der Waals surface area contributed by atoms with Crippen molar-refractivity contribution in [2.24, 2.45) is 0 Å². The van der Waals surface area contributed by atoms with Gasteiger partial charge in [0.15, 0.2) is 0 Å². The molecule has 2 amide bonds. The number of para-hydroxylation sites is 2. The number of ether oxygens (including phenoxy) is 1. The third-order valence-electron chi connectivity index (χ3n) is 4.98. The molecule has 32 heavy (non-hydrogen) atoms. The first-order valence-corrected chi connectivity index (χ1v) is 11.5. The molecule has 0 aliphatic carbocycles. The first-order valence-electron chi connectivity index (χ1n) is 10.7. The minimum absolute atomic E-state index is 0.178. The molecule has 0 saturated heterocycles. The number of nitrogens with zero attached hydrogens (tertiary/aromatic N) is 1. The fourth-order valence-corrected chi connectivity index (χ4v) is 3.66. The smallest absolute Gasteiger partial charge is 0.260 e. The first kappa shape index (κ1) is 23.5. The van der Waals surface area contributed by atoms with E-state index in [1.54, 1.807) is 41.3 Å². The van der Waals surface area contributed by atoms with E-state index in [4.69, 9.17) is 4.74 Å². The summed E-state index contributed by atoms with van der Waals surface area (Å²) >= 11 is 3.43. The molecular formula is C26H27BrN2O3. The van der Waals surface area contributed by atoms with Crippen molar-refractivity contribution in [1.29, 1.82) is 0 Å². The zero-order chi connectivity index (χ0) is 22.9. The normalized spacial score (nSPS) is 10.5. The van der Waals surface area contributed by atoms with Gasteiger partial charge in [-0.1, -0.05) is 59.6 Å². The highest BCUT2D eigenvalue weighted by Crippen LogP contribution is 2.27. The number of carbonyl (C=O) groups excluding carboxylic acids is 2. The van der Waals surface area contributed by atoms with Gasteiger partial charge in [-0.15, -0.1) is 0 Å². The first-order chi connectivity index (χ1) is 15.5. The number of hydrogen-bond donors (Lipinski definition) is 1. The van der Waals surface area contributed by atoms with Gasteiger partial charge in [-0.05, 0) is 55.8 Å². The molecule has 0 unspecified atom stereocenters. The van der Waals surface area contributed by atoms with E-state index < -0.39 is 0 Å². The van der Waals surface area contributed by atoms with Gasteiger partial charge in [0.05, 0.1) is 23.4 Å². The summed E-state index contributed by atoms with van der Waals surface area (Å²) in [5.41, 5.74) is 2.10. The minimum Gasteiger partial charge on any atom is -0.493 e. The second-order valence-corrected chi connectivity index (χ2v) is 8.14. The van der Waals surface area contributed by atoms with E-state index in [0.717, 1.165) is 23.0 Å². The van der Waals surface area contributed by atoms with Crippen molar-refractivity contribution in [2.45, 2.75) is 26.7 Å². The van der Waals surface area contributed by atoms with Gasteiger partial charge in [0.25, 0.3) is 11.8 Å². The number of unbranched alkanes of at least 4 members (excludes halogenated alkanes) is 1. The van der Waals surface area contributed by atoms with Crippen LogP contribution in [0.4, 0.5) is 11.4 Å². The molecule has 0 radical (unpaired) electrons. The Morgan fingerprint density at radius 2 is 1.66 bits per heavy atom. The summed E-state index contributed by atoms with van der Waals surface area (Å²) in [5, 5.41) is 2.91. The monoisotopic (exact) mass is 494 g/mol. The van der Waals surface area contributed by atoms with Crippen molar-refractivity contribution in [3.05, 3.63) is 88.4 Å². The van der Waals surface area contributed by atoms with Gasteiger partial charge >= 0.3 is 0 Å². The Hall–Kier alpha value is -3.12. The molecule has 3 aromatic carbocycles. The second-order valence-electron chi connectivity index (χ2n) is 7.23. The predicted molar refractivity (Wildman–Crippen MR) is 133 cm³/mol. The Labute approximate surface area is 197 Å². The topological polar surface area (TPSA) is 58.6 Å². The minimum atomic E-state index is -0.333. The molecule has 0 aliphatic rings. The van der Waals surface area contributed by atoms with E-state index in [2.05, 4.69) is 28.2 Å². The summed E-state index contributed by atoms with van der Waals surface area (Å²) in [7, 11) is 0. The van der Waals surface area contributed by atoms with Crippen LogP contribution in [0, 0.1) is 0 Å². The molecule has 0 saturated carbocycles. The summed E-state index contributed by atoms with van der Waals surface area (Å²) in [6.07, 6.45) is 1.91. The van der Waals surface area contributed by atoms with Crippen molar-refractivity contribution in [3.8, 4) is 5.75 Å². The Morgan fingerprint density at radius 1 is 0.938 bits per heavy atom. The molecule has 0 aromatic heterocycles. The van der Waals surface area contributed by atoms with E-state index in [0.29, 0.717) is 35.7 Å². The van der Waals surface area contributed by atoms with Gasteiger partial charge in [-0.3, -0.25) is 9.59 Å². The summed E-state index contributed by atoms with van der Waals surface area (Å²) in [5.74, 6) is 0.00602. The van der Waals surface area contributed by atoms with Crippen LogP contribution in [0.25, 0.3) is 0 Å². The lowest BCUT2D eigenvalue weighted by molar-refractivity contribution is 0.0989. The maximum atomic E-state index is 13.4. The molecular weight excluding hydrogens is 468 g/mol. The summed E-state index contributed by atoms with van der Waals surface area (Å²) in [4.78, 5) is 28.2. The molecule has 166 valence electrons. The van der Waals surface area contributed by atoms with Gasteiger partial charge in [0.2, 0.25) is 0 Å². The number of rotatable bonds is 9. The molecule has 0 bridgehead atoms. The van der Waals surface area contributed by atoms with Crippen LogP contribution >= 0.6 is 15.9 Å². The predicted octanol–water partition coefficient (Wildman–Crippen LogP) is 6.55. The average Bonchev–Trinajstić information content (AvgIpc) is 2.81. The third-order valence-corrected chi connectivity index (χ3v) is 5.47. The maximum Gasteiger partial charge on any atom is 0.260 e. The number of nitrogens with one attached hydrogen (secondary N) is 1. The van der Waals surface area contributed by atoms with Crippen LogP contribution in [-0.4, -0.2) is 25.0 Å². The lowest BCUT2D eigenvalue weighted by Crippen LogP contribution is -2.31. The largest absolute Gasteiger partial charge is 0.493 e. The van der Waals surface area contributed by atoms with Crippen molar-refractivity contribution in [3.63, 3.8) is 0 Å². The highest BCUT2D eigenvalue weighted by Gasteiger charge is 2.21. The molecule has 0 spiro atoms. The Bertz CT molecular complexity index is 1070. The highest BCUT2D eigenvalue weighted by molar-refractivity contribution is 9.10. The van der Waals surface area contributed by atoms with E-state index in [1.165, 1.54) is 0 Å². The quantitative estimate of drug-likeness (QED) is 0.343. The molecule has 0 aliphatic heterocycles. The summed E-state index contributed by atoms with van der Waals surface area (Å²) in [6, 6.07) is 21.9. The number of carbonyl (C=O) groups is 2. The number of halogens is 1. The van der Waals surface area contributed by atoms with Crippen LogP contribution in [0.15, 0.2) is 77.3 Å². The van der Waals surface area contributed by atoms with E-state index in [9.17, 15) is 9.59 Å². The van der Waals surface area contributed by atoms with E-state index >= 15 is 0 Å². The van der Waals surface area contributed by atoms with Crippen LogP contribution in [-0.2, 0) is 0 Å². The van der Waals surface area contributed by atoms with Gasteiger partial charge in [-0.2, -0.15) is 0 Å². The van der Waals surface area contributed by atoms with Crippen LogP contribution in [0.5, 0.6) is 5.75 Å². The van der Waals surface area contributed by atoms with Crippen molar-refractivity contribution in [1.82, 2.24) is 0 Å². The van der Waals surface area contributed by atoms with Gasteiger partial charge in [0.1, 0.15) is 5.75 Å². The van der Waals surface area contributed by atoms with Crippen LogP contribution < -0.4 is 15.0 Å². The molecule has 0 atom stereocenters. The van der Waals surface area contributed by atoms with Gasteiger partial charge in [-0.25, -0.2) is 0 Å². The molecule has 0 fully saturated rings. The van der Waals surface area contributed by atoms with Crippen molar-refractivity contribution in [2.75, 3.05) is 23.4 Å². The highest BCUT2D eigenvalue weighted by atomic mass is 79.9. The third kappa shape index (κ3) is 5.77. The standard InChI is InChI=1S/C26H27BrN2O3/c1-3-5-17-32-24-16-15-19(27)18-22(24)25(30)28-23-14-10-9-13-21(23)26(31)29(4-2)20-11-7-6-8-12-20/h6-16,18H,3-5,17H2,1-2H3,(H,28,30). The number of hydrogen-bond acceptors (Lipinski definition) is 3. The van der Waals surface area contributed by atoms with Crippen molar-refractivity contribution >= 4 is 39.1 Å². The van der Waals surface area contributed by atoms with Gasteiger partial charge < -0.3 is 15.0 Å². The number of benzene rings is 3. The lowest BCUT2D eigenvalue weighted by Gasteiger charge is -2.22. The Morgan fingerprint density at radius 3 is 2.38 bits per heavy atom. The zero-order valence-corrected chi connectivity index (χ0v) is 19.9. The second kappa shape index (κ2) is 11.5. The fraction of sp³-hybridized carbons (Fsp3) is 0.231. The molecule has 3 aromatic rings.